The van der Waals surface area contributed by atoms with Crippen LogP contribution in [0, 0.1) is 0 Å². The zero-order valence-corrected chi connectivity index (χ0v) is 8.84. The summed E-state index contributed by atoms with van der Waals surface area (Å²) in [6.07, 6.45) is 4.05. The number of halogens is 1. The largest absolute Gasteiger partial charge is 0.462 e. The maximum absolute atomic E-state index is 5.64. The van der Waals surface area contributed by atoms with Gasteiger partial charge in [-0.1, -0.05) is 0 Å². The molecule has 1 aromatic heterocycles. The summed E-state index contributed by atoms with van der Waals surface area (Å²) in [4.78, 5) is 0. The molecule has 1 saturated heterocycles. The van der Waals surface area contributed by atoms with Crippen LogP contribution in [0.4, 0.5) is 0 Å². The predicted molar refractivity (Wildman–Crippen MR) is 52.9 cm³/mol. The summed E-state index contributed by atoms with van der Waals surface area (Å²) < 4.78 is 11.7. The Bertz CT molecular complexity index is 268. The average Bonchev–Trinajstić information content (AvgIpc) is 2.53. The molecular weight excluding hydrogens is 234 g/mol. The zero-order valence-electron chi connectivity index (χ0n) is 7.25. The highest BCUT2D eigenvalue weighted by molar-refractivity contribution is 9.10. The van der Waals surface area contributed by atoms with Gasteiger partial charge in [0.05, 0.1) is 4.47 Å². The Morgan fingerprint density at radius 1 is 1.46 bits per heavy atom. The van der Waals surface area contributed by atoms with Gasteiger partial charge in [-0.2, -0.15) is 0 Å². The fraction of sp³-hybridized carbons (Fsp3) is 0.556. The number of hydrogen-bond donors (Lipinski definition) is 1. The molecule has 2 rings (SSSR count). The maximum atomic E-state index is 5.64. The van der Waals surface area contributed by atoms with Crippen molar-refractivity contribution in [1.29, 1.82) is 0 Å². The lowest BCUT2D eigenvalue weighted by Gasteiger charge is -2.22. The third-order valence-electron chi connectivity index (χ3n) is 2.11. The fourth-order valence-electron chi connectivity index (χ4n) is 1.43. The van der Waals surface area contributed by atoms with Crippen LogP contribution in [-0.4, -0.2) is 19.2 Å². The van der Waals surface area contributed by atoms with Gasteiger partial charge in [-0.15, -0.1) is 0 Å². The van der Waals surface area contributed by atoms with Crippen LogP contribution in [-0.2, 0) is 0 Å². The van der Waals surface area contributed by atoms with Crippen molar-refractivity contribution in [2.75, 3.05) is 13.1 Å². The molecule has 0 saturated carbocycles. The minimum Gasteiger partial charge on any atom is -0.462 e. The first-order valence-electron chi connectivity index (χ1n) is 4.46. The van der Waals surface area contributed by atoms with Crippen LogP contribution in [0.5, 0.6) is 5.95 Å². The van der Waals surface area contributed by atoms with Crippen molar-refractivity contribution in [2.45, 2.75) is 18.9 Å². The Labute approximate surface area is 85.6 Å². The smallest absolute Gasteiger partial charge is 0.285 e. The van der Waals surface area contributed by atoms with Crippen molar-refractivity contribution in [3.05, 3.63) is 16.8 Å². The Hall–Kier alpha value is -0.480. The minimum absolute atomic E-state index is 0.305. The van der Waals surface area contributed by atoms with Crippen LogP contribution in [0.25, 0.3) is 0 Å². The van der Waals surface area contributed by atoms with Crippen molar-refractivity contribution < 1.29 is 9.15 Å². The van der Waals surface area contributed by atoms with Gasteiger partial charge in [0.25, 0.3) is 5.95 Å². The van der Waals surface area contributed by atoms with E-state index >= 15 is 0 Å². The van der Waals surface area contributed by atoms with E-state index in [1.54, 1.807) is 6.26 Å². The predicted octanol–water partition coefficient (Wildman–Crippen LogP) is 2.17. The monoisotopic (exact) mass is 245 g/mol. The summed E-state index contributed by atoms with van der Waals surface area (Å²) in [5, 5.41) is 3.29. The Balaban J connectivity index is 1.89. The summed E-state index contributed by atoms with van der Waals surface area (Å²) in [7, 11) is 0. The molecule has 1 aliphatic rings. The molecule has 1 N–H and O–H groups in total. The van der Waals surface area contributed by atoms with Gasteiger partial charge in [0.15, 0.2) is 0 Å². The van der Waals surface area contributed by atoms with Crippen LogP contribution in [0.3, 0.4) is 0 Å². The van der Waals surface area contributed by atoms with Crippen molar-refractivity contribution in [3.63, 3.8) is 0 Å². The van der Waals surface area contributed by atoms with Gasteiger partial charge >= 0.3 is 0 Å². The molecule has 0 amide bonds. The van der Waals surface area contributed by atoms with Crippen molar-refractivity contribution in [2.24, 2.45) is 0 Å². The molecular formula is C9H12BrNO2. The zero-order chi connectivity index (χ0) is 9.10. The van der Waals surface area contributed by atoms with E-state index in [2.05, 4.69) is 21.2 Å². The normalized spacial score (nSPS) is 18.8. The molecule has 0 radical (unpaired) electrons. The van der Waals surface area contributed by atoms with Gasteiger partial charge in [-0.05, 0) is 41.9 Å². The van der Waals surface area contributed by atoms with Gasteiger partial charge in [-0.3, -0.25) is 0 Å². The molecule has 72 valence electrons. The maximum Gasteiger partial charge on any atom is 0.285 e. The summed E-state index contributed by atoms with van der Waals surface area (Å²) in [5.74, 6) is 0.610. The van der Waals surface area contributed by atoms with Gasteiger partial charge < -0.3 is 14.5 Å². The summed E-state index contributed by atoms with van der Waals surface area (Å²) >= 11 is 3.31. The molecule has 0 unspecified atom stereocenters. The first-order valence-corrected chi connectivity index (χ1v) is 5.25. The van der Waals surface area contributed by atoms with Crippen molar-refractivity contribution >= 4 is 15.9 Å². The lowest BCUT2D eigenvalue weighted by molar-refractivity contribution is 0.126. The van der Waals surface area contributed by atoms with E-state index in [-0.39, 0.29) is 0 Å². The van der Waals surface area contributed by atoms with E-state index in [0.717, 1.165) is 30.4 Å². The Morgan fingerprint density at radius 3 is 2.85 bits per heavy atom. The number of furan rings is 1. The molecule has 4 heteroatoms. The molecule has 1 fully saturated rings. The van der Waals surface area contributed by atoms with Gasteiger partial charge in [0, 0.05) is 6.07 Å². The number of hydrogen-bond acceptors (Lipinski definition) is 3. The first-order chi connectivity index (χ1) is 6.34. The summed E-state index contributed by atoms with van der Waals surface area (Å²) in [6.45, 7) is 2.07. The molecule has 13 heavy (non-hydrogen) atoms. The van der Waals surface area contributed by atoms with Crippen LogP contribution >= 0.6 is 15.9 Å². The van der Waals surface area contributed by atoms with Gasteiger partial charge in [-0.25, -0.2) is 0 Å². The lowest BCUT2D eigenvalue weighted by atomic mass is 10.1. The van der Waals surface area contributed by atoms with E-state index in [1.807, 2.05) is 6.07 Å². The quantitative estimate of drug-likeness (QED) is 0.868. The molecule has 3 nitrogen and oxygen atoms in total. The van der Waals surface area contributed by atoms with E-state index in [0.29, 0.717) is 12.1 Å². The second-order valence-corrected chi connectivity index (χ2v) is 4.07. The molecule has 0 atom stereocenters. The van der Waals surface area contributed by atoms with Crippen molar-refractivity contribution in [1.82, 2.24) is 5.32 Å². The highest BCUT2D eigenvalue weighted by Crippen LogP contribution is 2.23. The fourth-order valence-corrected chi connectivity index (χ4v) is 1.71. The topological polar surface area (TPSA) is 34.4 Å². The molecule has 0 bridgehead atoms. The molecule has 1 aromatic rings. The minimum atomic E-state index is 0.305. The SMILES string of the molecule is Brc1coc(OC2CCNCC2)c1. The Kier molecular flexibility index (Phi) is 2.90. The molecule has 0 spiro atoms. The highest BCUT2D eigenvalue weighted by atomic mass is 79.9. The second-order valence-electron chi connectivity index (χ2n) is 3.15. The van der Waals surface area contributed by atoms with Crippen LogP contribution in [0.2, 0.25) is 0 Å². The van der Waals surface area contributed by atoms with Gasteiger partial charge in [0.1, 0.15) is 12.4 Å². The number of rotatable bonds is 2. The average molecular weight is 246 g/mol. The van der Waals surface area contributed by atoms with E-state index in [1.165, 1.54) is 0 Å². The summed E-state index contributed by atoms with van der Waals surface area (Å²) in [5.41, 5.74) is 0. The lowest BCUT2D eigenvalue weighted by Crippen LogP contribution is -2.34. The van der Waals surface area contributed by atoms with Gasteiger partial charge in [0.2, 0.25) is 0 Å². The third kappa shape index (κ3) is 2.48. The molecule has 2 heterocycles. The second kappa shape index (κ2) is 4.15. The number of ether oxygens (including phenoxy) is 1. The molecule has 0 aromatic carbocycles. The van der Waals surface area contributed by atoms with E-state index in [9.17, 15) is 0 Å². The van der Waals surface area contributed by atoms with E-state index < -0.39 is 0 Å². The van der Waals surface area contributed by atoms with Crippen molar-refractivity contribution in [3.8, 4) is 5.95 Å². The van der Waals surface area contributed by atoms with Crippen LogP contribution in [0.1, 0.15) is 12.8 Å². The Morgan fingerprint density at radius 2 is 2.23 bits per heavy atom. The third-order valence-corrected chi connectivity index (χ3v) is 2.53. The highest BCUT2D eigenvalue weighted by Gasteiger charge is 2.15. The van der Waals surface area contributed by atoms with Crippen LogP contribution < -0.4 is 10.1 Å². The molecule has 1 aliphatic heterocycles. The van der Waals surface area contributed by atoms with E-state index in [4.69, 9.17) is 9.15 Å². The standard InChI is InChI=1S/C9H12BrNO2/c10-7-5-9(12-6-7)13-8-1-3-11-4-2-8/h5-6,8,11H,1-4H2. The first kappa shape index (κ1) is 9.09. The number of nitrogens with one attached hydrogen (secondary N) is 1. The van der Waals surface area contributed by atoms with Crippen LogP contribution in [0.15, 0.2) is 21.2 Å². The summed E-state index contributed by atoms with van der Waals surface area (Å²) in [6, 6.07) is 1.85. The molecule has 0 aliphatic carbocycles. The number of piperidine rings is 1.